The number of rotatable bonds is 9. The number of hydrogen-bond acceptors (Lipinski definition) is 2. The van der Waals surface area contributed by atoms with Gasteiger partial charge in [0.15, 0.2) is 0 Å². The average Bonchev–Trinajstić information content (AvgIpc) is 3.68. The van der Waals surface area contributed by atoms with Crippen molar-refractivity contribution in [2.24, 2.45) is 0 Å². The maximum absolute atomic E-state index is 4.62. The molecule has 0 N–H and O–H groups in total. The average molecular weight is 792 g/mol. The molecule has 9 aromatic carbocycles. The quantitative estimate of drug-likeness (QED) is 0.145. The van der Waals surface area contributed by atoms with E-state index < -0.39 is 0 Å². The Labute approximate surface area is 362 Å². The lowest BCUT2D eigenvalue weighted by atomic mass is 9.97. The summed E-state index contributed by atoms with van der Waals surface area (Å²) in [5.74, 6) is 0. The molecule has 2 aromatic heterocycles. The van der Waals surface area contributed by atoms with Gasteiger partial charge in [0.25, 0.3) is 0 Å². The summed E-state index contributed by atoms with van der Waals surface area (Å²) in [6.07, 6.45) is 3.89. The molecule has 0 aliphatic carbocycles. The number of para-hydroxylation sites is 2. The fraction of sp³-hybridized carbons (Fsp3) is 0. The zero-order valence-electron chi connectivity index (χ0n) is 34.0. The standard InChI is InChI=1S/C59H41N3/c1-5-15-42(16-6-1)45-19-13-20-46(35-45)48-29-33-58-56(38-48)57-39-49(47-21-14-26-55(37-47)61(52-22-9-3-10-23-52)53-24-11-4-12-25-53)30-34-59(57)62(58)54-31-27-44(28-32-54)51-36-50(40-60-41-51)43-17-7-2-8-18-43/h1-41H. The van der Waals surface area contributed by atoms with Gasteiger partial charge in [-0.05, 0) is 129 Å². The monoisotopic (exact) mass is 791 g/mol. The second-order valence-corrected chi connectivity index (χ2v) is 15.7. The van der Waals surface area contributed by atoms with Crippen LogP contribution < -0.4 is 4.90 Å². The zero-order chi connectivity index (χ0) is 41.2. The molecule has 0 atom stereocenters. The summed E-state index contributed by atoms with van der Waals surface area (Å²) in [7, 11) is 0. The number of aromatic nitrogens is 2. The maximum Gasteiger partial charge on any atom is 0.0541 e. The number of anilines is 3. The highest BCUT2D eigenvalue weighted by atomic mass is 15.1. The smallest absolute Gasteiger partial charge is 0.0541 e. The molecule has 11 aromatic rings. The molecule has 0 amide bonds. The summed E-state index contributed by atoms with van der Waals surface area (Å²) < 4.78 is 2.41. The Morgan fingerprint density at radius 1 is 0.274 bits per heavy atom. The fourth-order valence-corrected chi connectivity index (χ4v) is 8.78. The number of benzene rings is 9. The van der Waals surface area contributed by atoms with Gasteiger partial charge in [-0.3, -0.25) is 4.98 Å². The zero-order valence-corrected chi connectivity index (χ0v) is 34.0. The lowest BCUT2D eigenvalue weighted by molar-refractivity contribution is 1.18. The minimum absolute atomic E-state index is 1.09. The van der Waals surface area contributed by atoms with Crippen LogP contribution in [-0.4, -0.2) is 9.55 Å². The first-order chi connectivity index (χ1) is 30.7. The molecular weight excluding hydrogens is 751 g/mol. The Morgan fingerprint density at radius 3 is 1.19 bits per heavy atom. The van der Waals surface area contributed by atoms with Crippen LogP contribution >= 0.6 is 0 Å². The molecule has 0 saturated heterocycles. The number of nitrogens with zero attached hydrogens (tertiary/aromatic N) is 3. The van der Waals surface area contributed by atoms with E-state index >= 15 is 0 Å². The third kappa shape index (κ3) is 7.02. The maximum atomic E-state index is 4.62. The van der Waals surface area contributed by atoms with Crippen molar-refractivity contribution in [1.82, 2.24) is 9.55 Å². The van der Waals surface area contributed by atoms with Crippen molar-refractivity contribution >= 4 is 38.9 Å². The topological polar surface area (TPSA) is 21.1 Å². The van der Waals surface area contributed by atoms with Crippen LogP contribution in [-0.2, 0) is 0 Å². The van der Waals surface area contributed by atoms with Crippen LogP contribution in [0.2, 0.25) is 0 Å². The molecule has 0 aliphatic heterocycles. The summed E-state index contributed by atoms with van der Waals surface area (Å²) in [4.78, 5) is 6.94. The number of pyridine rings is 1. The van der Waals surface area contributed by atoms with E-state index in [2.05, 4.69) is 245 Å². The molecule has 0 fully saturated rings. The summed E-state index contributed by atoms with van der Waals surface area (Å²) in [6.45, 7) is 0. The van der Waals surface area contributed by atoms with Gasteiger partial charge in [0.2, 0.25) is 0 Å². The summed E-state index contributed by atoms with van der Waals surface area (Å²) in [5, 5.41) is 2.41. The summed E-state index contributed by atoms with van der Waals surface area (Å²) in [6, 6.07) is 85.0. The van der Waals surface area contributed by atoms with Gasteiger partial charge in [0.1, 0.15) is 0 Å². The first-order valence-electron chi connectivity index (χ1n) is 21.1. The molecule has 0 bridgehead atoms. The van der Waals surface area contributed by atoms with E-state index in [1.165, 1.54) is 33.0 Å². The van der Waals surface area contributed by atoms with Crippen LogP contribution in [0.4, 0.5) is 17.1 Å². The Morgan fingerprint density at radius 2 is 0.645 bits per heavy atom. The molecule has 292 valence electrons. The van der Waals surface area contributed by atoms with Crippen LogP contribution in [0.1, 0.15) is 0 Å². The Bertz CT molecular complexity index is 3280. The van der Waals surface area contributed by atoms with Crippen LogP contribution in [0.5, 0.6) is 0 Å². The molecule has 0 spiro atoms. The van der Waals surface area contributed by atoms with Crippen molar-refractivity contribution in [3.05, 3.63) is 249 Å². The summed E-state index contributed by atoms with van der Waals surface area (Å²) in [5.41, 5.74) is 18.4. The van der Waals surface area contributed by atoms with Crippen LogP contribution in [0.25, 0.3) is 83.1 Å². The van der Waals surface area contributed by atoms with Crippen LogP contribution in [0.15, 0.2) is 249 Å². The van der Waals surface area contributed by atoms with E-state index in [0.717, 1.165) is 67.2 Å². The largest absolute Gasteiger partial charge is 0.310 e. The van der Waals surface area contributed by atoms with E-state index in [-0.39, 0.29) is 0 Å². The van der Waals surface area contributed by atoms with Crippen molar-refractivity contribution in [2.75, 3.05) is 4.90 Å². The molecule has 62 heavy (non-hydrogen) atoms. The van der Waals surface area contributed by atoms with Gasteiger partial charge >= 0.3 is 0 Å². The van der Waals surface area contributed by atoms with Gasteiger partial charge in [-0.1, -0.05) is 152 Å². The van der Waals surface area contributed by atoms with E-state index in [1.807, 2.05) is 18.5 Å². The van der Waals surface area contributed by atoms with Gasteiger partial charge in [-0.2, -0.15) is 0 Å². The SMILES string of the molecule is c1ccc(-c2cccc(-c3ccc4c(c3)c3cc(-c5cccc(N(c6ccccc6)c6ccccc6)c5)ccc3n4-c3ccc(-c4cncc(-c5ccccc5)c4)cc3)c2)cc1. The lowest BCUT2D eigenvalue weighted by Gasteiger charge is -2.26. The second kappa shape index (κ2) is 16.1. The predicted octanol–water partition coefficient (Wildman–Crippen LogP) is 16.0. The summed E-state index contributed by atoms with van der Waals surface area (Å²) >= 11 is 0. The van der Waals surface area contributed by atoms with Crippen molar-refractivity contribution in [1.29, 1.82) is 0 Å². The van der Waals surface area contributed by atoms with E-state index in [9.17, 15) is 0 Å². The normalized spacial score (nSPS) is 11.2. The van der Waals surface area contributed by atoms with Crippen molar-refractivity contribution in [2.45, 2.75) is 0 Å². The first-order valence-corrected chi connectivity index (χ1v) is 21.1. The number of hydrogen-bond donors (Lipinski definition) is 0. The van der Waals surface area contributed by atoms with Crippen molar-refractivity contribution in [3.63, 3.8) is 0 Å². The Balaban J connectivity index is 1.04. The third-order valence-corrected chi connectivity index (χ3v) is 11.8. The third-order valence-electron chi connectivity index (χ3n) is 11.8. The highest BCUT2D eigenvalue weighted by Gasteiger charge is 2.17. The minimum atomic E-state index is 1.09. The van der Waals surface area contributed by atoms with Gasteiger partial charge in [0.05, 0.1) is 11.0 Å². The van der Waals surface area contributed by atoms with Gasteiger partial charge < -0.3 is 9.47 Å². The molecule has 0 saturated carbocycles. The van der Waals surface area contributed by atoms with E-state index in [1.54, 1.807) is 0 Å². The number of fused-ring (bicyclic) bond motifs is 3. The predicted molar refractivity (Wildman–Crippen MR) is 260 cm³/mol. The molecule has 0 unspecified atom stereocenters. The second-order valence-electron chi connectivity index (χ2n) is 15.7. The van der Waals surface area contributed by atoms with Crippen molar-refractivity contribution in [3.8, 4) is 61.3 Å². The van der Waals surface area contributed by atoms with Gasteiger partial charge in [-0.15, -0.1) is 0 Å². The van der Waals surface area contributed by atoms with E-state index in [0.29, 0.717) is 0 Å². The highest BCUT2D eigenvalue weighted by molar-refractivity contribution is 6.11. The fourth-order valence-electron chi connectivity index (χ4n) is 8.78. The molecule has 11 rings (SSSR count). The van der Waals surface area contributed by atoms with Crippen molar-refractivity contribution < 1.29 is 0 Å². The Kier molecular flexibility index (Phi) is 9.53. The Hall–Kier alpha value is -8.27. The van der Waals surface area contributed by atoms with Crippen LogP contribution in [0.3, 0.4) is 0 Å². The van der Waals surface area contributed by atoms with Gasteiger partial charge in [-0.25, -0.2) is 0 Å². The lowest BCUT2D eigenvalue weighted by Crippen LogP contribution is -2.09. The molecule has 0 aliphatic rings. The van der Waals surface area contributed by atoms with E-state index in [4.69, 9.17) is 0 Å². The highest BCUT2D eigenvalue weighted by Crippen LogP contribution is 2.40. The molecule has 0 radical (unpaired) electrons. The molecular formula is C59H41N3. The molecule has 3 heteroatoms. The first kappa shape index (κ1) is 36.8. The molecule has 2 heterocycles. The van der Waals surface area contributed by atoms with Gasteiger partial charge in [0, 0.05) is 57.0 Å². The minimum Gasteiger partial charge on any atom is -0.310 e. The van der Waals surface area contributed by atoms with Crippen LogP contribution in [0, 0.1) is 0 Å². The molecule has 3 nitrogen and oxygen atoms in total.